The highest BCUT2D eigenvalue weighted by atomic mass is 31.2. The Kier molecular flexibility index (Phi) is 39.1. The maximum atomic E-state index is 12.7. The van der Waals surface area contributed by atoms with E-state index in [9.17, 15) is 14.3 Å². The van der Waals surface area contributed by atoms with E-state index >= 15 is 0 Å². The molecule has 0 radical (unpaired) electrons. The number of esters is 1. The molecule has 55 heavy (non-hydrogen) atoms. The van der Waals surface area contributed by atoms with Crippen molar-refractivity contribution < 1.29 is 37.3 Å². The second-order valence-corrected chi connectivity index (χ2v) is 18.2. The fraction of sp³-hybridized carbons (Fsp3) is 0.891. The van der Waals surface area contributed by atoms with Crippen LogP contribution >= 0.6 is 7.82 Å². The van der Waals surface area contributed by atoms with Crippen LogP contribution < -0.4 is 0 Å². The second-order valence-electron chi connectivity index (χ2n) is 16.8. The number of carbonyl (C=O) groups excluding carboxylic acids is 1. The first kappa shape index (κ1) is 54.0. The summed E-state index contributed by atoms with van der Waals surface area (Å²) in [6, 6.07) is 0. The summed E-state index contributed by atoms with van der Waals surface area (Å²) in [5.74, 6) is -0.319. The molecule has 8 nitrogen and oxygen atoms in total. The summed E-state index contributed by atoms with van der Waals surface area (Å²) in [4.78, 5) is 22.9. The van der Waals surface area contributed by atoms with Crippen molar-refractivity contribution in [1.29, 1.82) is 0 Å². The predicted octanol–water partition coefficient (Wildman–Crippen LogP) is 13.6. The Hall–Kier alpha value is -1.02. The van der Waals surface area contributed by atoms with Gasteiger partial charge >= 0.3 is 13.8 Å². The van der Waals surface area contributed by atoms with Gasteiger partial charge in [-0.2, -0.15) is 0 Å². The van der Waals surface area contributed by atoms with E-state index in [4.69, 9.17) is 18.5 Å². The maximum absolute atomic E-state index is 12.7. The summed E-state index contributed by atoms with van der Waals surface area (Å²) in [6.45, 7) is 5.62. The van der Waals surface area contributed by atoms with Gasteiger partial charge in [-0.3, -0.25) is 13.8 Å². The molecule has 0 saturated carbocycles. The number of nitrogens with zero attached hydrogens (tertiary/aromatic N) is 1. The summed E-state index contributed by atoms with van der Waals surface area (Å²) in [5.41, 5.74) is 0. The number of likely N-dealkylation sites (N-methyl/N-ethyl adjacent to an activating group) is 1. The molecule has 0 spiro atoms. The van der Waals surface area contributed by atoms with Crippen LogP contribution in [0, 0.1) is 0 Å². The first-order valence-corrected chi connectivity index (χ1v) is 24.6. The zero-order chi connectivity index (χ0) is 40.6. The second kappa shape index (κ2) is 39.8. The Bertz CT molecular complexity index is 936. The first-order valence-electron chi connectivity index (χ1n) is 23.1. The van der Waals surface area contributed by atoms with Gasteiger partial charge in [0.25, 0.3) is 0 Å². The number of hydrogen-bond donors (Lipinski definition) is 1. The standard InChI is InChI=1S/C46H90NO7P/c1-6-8-10-12-14-16-18-20-22-24-25-27-29-31-33-35-37-39-46(48)54-45(44-53-55(49,50)52-42-40-47(3,4)5)43-51-41-38-36-34-32-30-28-26-23-21-19-17-15-13-11-9-7-2/h14,16,20,22,45H,6-13,15,17-19,21,23-44H2,1-5H3/p+1/b16-14-,22-20-/t45-/m1/s1. The van der Waals surface area contributed by atoms with Crippen molar-refractivity contribution >= 4 is 13.8 Å². The highest BCUT2D eigenvalue weighted by Crippen LogP contribution is 2.43. The summed E-state index contributed by atoms with van der Waals surface area (Å²) in [6.07, 6.45) is 44.9. The van der Waals surface area contributed by atoms with Gasteiger partial charge in [-0.25, -0.2) is 4.57 Å². The minimum atomic E-state index is -4.27. The van der Waals surface area contributed by atoms with E-state index < -0.39 is 13.9 Å². The quantitative estimate of drug-likeness (QED) is 0.0216. The molecule has 0 aromatic heterocycles. The summed E-state index contributed by atoms with van der Waals surface area (Å²) in [7, 11) is 1.67. The minimum absolute atomic E-state index is 0.0889. The van der Waals surface area contributed by atoms with Crippen molar-refractivity contribution in [3.8, 4) is 0 Å². The number of hydrogen-bond acceptors (Lipinski definition) is 6. The van der Waals surface area contributed by atoms with E-state index in [1.54, 1.807) is 0 Å². The van der Waals surface area contributed by atoms with Crippen LogP contribution in [0.25, 0.3) is 0 Å². The van der Waals surface area contributed by atoms with E-state index in [0.717, 1.165) is 44.9 Å². The fourth-order valence-electron chi connectivity index (χ4n) is 6.41. The molecule has 0 aliphatic carbocycles. The van der Waals surface area contributed by atoms with Crippen LogP contribution in [0.15, 0.2) is 24.3 Å². The molecule has 326 valence electrons. The van der Waals surface area contributed by atoms with Gasteiger partial charge in [0.2, 0.25) is 0 Å². The SMILES string of the molecule is CCCCC/C=C\C/C=C\CCCCCCCCCC(=O)O[C@H](COCCCCCCCCCCCCCCCCCC)COP(=O)(O)OCC[N+](C)(C)C. The van der Waals surface area contributed by atoms with Crippen LogP contribution in [0.5, 0.6) is 0 Å². The lowest BCUT2D eigenvalue weighted by Gasteiger charge is -2.24. The molecule has 0 amide bonds. The van der Waals surface area contributed by atoms with Crippen LogP contribution in [-0.2, 0) is 27.9 Å². The van der Waals surface area contributed by atoms with E-state index in [-0.39, 0.29) is 25.8 Å². The molecule has 1 N–H and O–H groups in total. The number of rotatable bonds is 43. The van der Waals surface area contributed by atoms with Gasteiger partial charge in [-0.1, -0.05) is 179 Å². The number of phosphoric acid groups is 1. The van der Waals surface area contributed by atoms with Crippen molar-refractivity contribution in [2.24, 2.45) is 0 Å². The van der Waals surface area contributed by atoms with Crippen molar-refractivity contribution in [3.63, 3.8) is 0 Å². The van der Waals surface area contributed by atoms with Crippen LogP contribution in [-0.4, -0.2) is 75.6 Å². The Morgan fingerprint density at radius 3 is 1.51 bits per heavy atom. The molecule has 0 heterocycles. The van der Waals surface area contributed by atoms with Gasteiger partial charge in [-0.15, -0.1) is 0 Å². The number of ether oxygens (including phenoxy) is 2. The number of phosphoric ester groups is 1. The topological polar surface area (TPSA) is 91.3 Å². The molecule has 0 bridgehead atoms. The number of allylic oxidation sites excluding steroid dienone is 4. The lowest BCUT2D eigenvalue weighted by atomic mass is 10.0. The Labute approximate surface area is 341 Å². The number of quaternary nitrogens is 1. The van der Waals surface area contributed by atoms with Crippen LogP contribution in [0.2, 0.25) is 0 Å². The lowest BCUT2D eigenvalue weighted by Crippen LogP contribution is -2.37. The first-order chi connectivity index (χ1) is 26.6. The van der Waals surface area contributed by atoms with Crippen molar-refractivity contribution in [3.05, 3.63) is 24.3 Å². The molecule has 0 rings (SSSR count). The van der Waals surface area contributed by atoms with Gasteiger partial charge < -0.3 is 18.9 Å². The molecule has 0 aliphatic heterocycles. The highest BCUT2D eigenvalue weighted by molar-refractivity contribution is 7.47. The van der Waals surface area contributed by atoms with Crippen molar-refractivity contribution in [1.82, 2.24) is 0 Å². The lowest BCUT2D eigenvalue weighted by molar-refractivity contribution is -0.870. The Balaban J connectivity index is 4.20. The van der Waals surface area contributed by atoms with E-state index in [1.807, 2.05) is 21.1 Å². The van der Waals surface area contributed by atoms with Gasteiger partial charge in [-0.05, 0) is 44.9 Å². The van der Waals surface area contributed by atoms with Gasteiger partial charge in [0.05, 0.1) is 34.4 Å². The average Bonchev–Trinajstić information content (AvgIpc) is 3.13. The predicted molar refractivity (Wildman–Crippen MR) is 233 cm³/mol. The maximum Gasteiger partial charge on any atom is 0.472 e. The zero-order valence-electron chi connectivity index (χ0n) is 36.9. The molecule has 0 aliphatic rings. The third kappa shape index (κ3) is 43.9. The van der Waals surface area contributed by atoms with Crippen LogP contribution in [0.1, 0.15) is 206 Å². The average molecular weight is 801 g/mol. The molecule has 0 fully saturated rings. The normalized spacial score (nSPS) is 13.9. The third-order valence-corrected chi connectivity index (χ3v) is 11.0. The highest BCUT2D eigenvalue weighted by Gasteiger charge is 2.26. The summed E-state index contributed by atoms with van der Waals surface area (Å²) >= 11 is 0. The van der Waals surface area contributed by atoms with Gasteiger partial charge in [0, 0.05) is 13.0 Å². The van der Waals surface area contributed by atoms with Crippen LogP contribution in [0.3, 0.4) is 0 Å². The van der Waals surface area contributed by atoms with E-state index in [1.165, 1.54) is 141 Å². The van der Waals surface area contributed by atoms with Crippen molar-refractivity contribution in [2.45, 2.75) is 213 Å². The van der Waals surface area contributed by atoms with E-state index in [2.05, 4.69) is 38.2 Å². The zero-order valence-corrected chi connectivity index (χ0v) is 37.8. The number of unbranched alkanes of at least 4 members (excludes halogenated alkanes) is 25. The molecule has 2 atom stereocenters. The van der Waals surface area contributed by atoms with Gasteiger partial charge in [0.1, 0.15) is 19.3 Å². The fourth-order valence-corrected chi connectivity index (χ4v) is 7.15. The molecule has 0 aromatic carbocycles. The molecular weight excluding hydrogens is 709 g/mol. The molecule has 0 saturated heterocycles. The molecule has 9 heteroatoms. The minimum Gasteiger partial charge on any atom is -0.457 e. The third-order valence-electron chi connectivity index (χ3n) is 10.0. The van der Waals surface area contributed by atoms with Crippen LogP contribution in [0.4, 0.5) is 0 Å². The monoisotopic (exact) mass is 801 g/mol. The van der Waals surface area contributed by atoms with Crippen molar-refractivity contribution in [2.75, 3.05) is 54.1 Å². The smallest absolute Gasteiger partial charge is 0.457 e. The summed E-state index contributed by atoms with van der Waals surface area (Å²) < 4.78 is 35.0. The summed E-state index contributed by atoms with van der Waals surface area (Å²) in [5, 5.41) is 0. The number of carbonyl (C=O) groups is 1. The molecule has 1 unspecified atom stereocenters. The van der Waals surface area contributed by atoms with Gasteiger partial charge in [0.15, 0.2) is 0 Å². The van der Waals surface area contributed by atoms with E-state index in [0.29, 0.717) is 24.1 Å². The largest absolute Gasteiger partial charge is 0.472 e. The Morgan fingerprint density at radius 1 is 0.564 bits per heavy atom. The molecule has 0 aromatic rings. The Morgan fingerprint density at radius 2 is 1.00 bits per heavy atom. The molecular formula is C46H91NO7P+.